The smallest absolute Gasteiger partial charge is 0.302 e. The normalized spacial score (nSPS) is 35.4. The van der Waals surface area contributed by atoms with E-state index in [-0.39, 0.29) is 54.1 Å². The van der Waals surface area contributed by atoms with Crippen molar-refractivity contribution in [2.75, 3.05) is 20.1 Å². The number of carbonyl (C=O) groups is 1. The Bertz CT molecular complexity index is 1290. The third-order valence-electron chi connectivity index (χ3n) is 10.9. The first-order valence-electron chi connectivity index (χ1n) is 16.8. The quantitative estimate of drug-likeness (QED) is 0.128. The van der Waals surface area contributed by atoms with Crippen LogP contribution < -0.4 is 21.1 Å². The van der Waals surface area contributed by atoms with Gasteiger partial charge in [0.15, 0.2) is 17.5 Å². The average molecular weight is 625 g/mol. The fraction of sp³-hybridized carbons (Fsp3) is 0.714. The SMILES string of the molecule is CN=C(N)NC[C@]12C#C[C@@H]3CCC[C@@H]4C[C@@H](CCN4)Oc4cc(c(CO)cc4O)C[C@H]3[C@@H](OC(C)=O)C[C@@H](O)[C@H](CC[C@@H]1C)C2. The standard InChI is InChI=1S/C35H52N4O6/c1-21-7-8-24-18-35(21,20-39-34(36)37-3)11-9-23-5-4-6-27-16-28(10-12-38-27)45-33-15-25(26(19-40)14-31(33)43)13-29(23)32(17-30(24)42)44-22(2)41/h14-15,21,23-24,27-30,32,38,40,42-43H,4-8,10,12-13,16-20H2,1-3H3,(H3,36,37,39)/t21-,23-,24+,27+,28+,29+,30+,32-,35+/m0/s1. The fourth-order valence-corrected chi connectivity index (χ4v) is 8.15. The lowest BCUT2D eigenvalue weighted by Gasteiger charge is -2.45. The highest BCUT2D eigenvalue weighted by Gasteiger charge is 2.45. The van der Waals surface area contributed by atoms with E-state index in [0.29, 0.717) is 36.7 Å². The Balaban J connectivity index is 1.63. The number of benzene rings is 1. The first kappa shape index (κ1) is 33.4. The molecule has 248 valence electrons. The van der Waals surface area contributed by atoms with E-state index in [1.807, 2.05) is 6.07 Å². The van der Waals surface area contributed by atoms with Crippen molar-refractivity contribution >= 4 is 11.9 Å². The first-order valence-corrected chi connectivity index (χ1v) is 16.8. The number of hydrogen-bond acceptors (Lipinski definition) is 8. The van der Waals surface area contributed by atoms with Crippen LogP contribution in [0.4, 0.5) is 0 Å². The molecule has 10 heteroatoms. The molecule has 0 radical (unpaired) electrons. The summed E-state index contributed by atoms with van der Waals surface area (Å²) in [5, 5.41) is 39.9. The number of guanidine groups is 1. The van der Waals surface area contributed by atoms with Crippen molar-refractivity contribution in [3.63, 3.8) is 0 Å². The number of aliphatic hydroxyl groups excluding tert-OH is 2. The van der Waals surface area contributed by atoms with E-state index in [0.717, 1.165) is 63.5 Å². The number of phenols is 1. The molecular weight excluding hydrogens is 572 g/mol. The van der Waals surface area contributed by atoms with Crippen molar-refractivity contribution in [3.8, 4) is 23.3 Å². The maximum absolute atomic E-state index is 12.6. The molecule has 1 saturated carbocycles. The molecule has 1 saturated heterocycles. The van der Waals surface area contributed by atoms with Gasteiger partial charge in [0, 0.05) is 44.8 Å². The van der Waals surface area contributed by atoms with Gasteiger partial charge in [-0.05, 0) is 93.0 Å². The zero-order valence-electron chi connectivity index (χ0n) is 27.1. The van der Waals surface area contributed by atoms with Gasteiger partial charge in [0.2, 0.25) is 0 Å². The van der Waals surface area contributed by atoms with Gasteiger partial charge in [-0.3, -0.25) is 9.79 Å². The van der Waals surface area contributed by atoms with Gasteiger partial charge >= 0.3 is 5.97 Å². The van der Waals surface area contributed by atoms with Gasteiger partial charge in [0.1, 0.15) is 12.2 Å². The molecule has 45 heavy (non-hydrogen) atoms. The predicted molar refractivity (Wildman–Crippen MR) is 172 cm³/mol. The number of aliphatic hydroxyl groups is 2. The van der Waals surface area contributed by atoms with Crippen LogP contribution in [0, 0.1) is 40.9 Å². The number of aromatic hydroxyl groups is 1. The molecule has 0 spiro atoms. The number of ether oxygens (including phenoxy) is 2. The maximum Gasteiger partial charge on any atom is 0.302 e. The molecule has 10 nitrogen and oxygen atoms in total. The van der Waals surface area contributed by atoms with Crippen LogP contribution in [-0.2, 0) is 22.6 Å². The third-order valence-corrected chi connectivity index (χ3v) is 10.9. The highest BCUT2D eigenvalue weighted by atomic mass is 16.5. The summed E-state index contributed by atoms with van der Waals surface area (Å²) in [6.45, 7) is 4.79. The highest BCUT2D eigenvalue weighted by Crippen LogP contribution is 2.47. The van der Waals surface area contributed by atoms with E-state index in [9.17, 15) is 20.1 Å². The van der Waals surface area contributed by atoms with E-state index >= 15 is 0 Å². The van der Waals surface area contributed by atoms with E-state index in [4.69, 9.17) is 15.2 Å². The molecule has 0 unspecified atom stereocenters. The number of hydrogen-bond donors (Lipinski definition) is 6. The van der Waals surface area contributed by atoms with Gasteiger partial charge in [-0.25, -0.2) is 0 Å². The summed E-state index contributed by atoms with van der Waals surface area (Å²) in [4.78, 5) is 16.7. The summed E-state index contributed by atoms with van der Waals surface area (Å²) in [5.41, 5.74) is 7.10. The molecule has 1 aromatic carbocycles. The van der Waals surface area contributed by atoms with Gasteiger partial charge in [0.05, 0.1) is 18.1 Å². The van der Waals surface area contributed by atoms with Crippen molar-refractivity contribution in [1.82, 2.24) is 10.6 Å². The molecule has 0 aromatic heterocycles. The van der Waals surface area contributed by atoms with Crippen LogP contribution >= 0.6 is 0 Å². The summed E-state index contributed by atoms with van der Waals surface area (Å²) in [6, 6.07) is 3.72. The van der Waals surface area contributed by atoms with E-state index in [1.54, 1.807) is 13.1 Å². The fourth-order valence-electron chi connectivity index (χ4n) is 8.15. The number of fused-ring (bicyclic) bond motifs is 7. The summed E-state index contributed by atoms with van der Waals surface area (Å²) in [7, 11) is 1.66. The zero-order chi connectivity index (χ0) is 32.1. The van der Waals surface area contributed by atoms with Crippen molar-refractivity contribution in [3.05, 3.63) is 23.3 Å². The van der Waals surface area contributed by atoms with Gasteiger partial charge in [0.25, 0.3) is 0 Å². The first-order chi connectivity index (χ1) is 21.6. The Morgan fingerprint density at radius 1 is 1.24 bits per heavy atom. The summed E-state index contributed by atoms with van der Waals surface area (Å²) in [5.74, 6) is 7.78. The average Bonchev–Trinajstić information content (AvgIpc) is 3.02. The molecule has 0 amide bonds. The molecular formula is C35H52N4O6. The molecule has 4 aliphatic rings. The Morgan fingerprint density at radius 2 is 2.07 bits per heavy atom. The number of phenolic OH excluding ortho intramolecular Hbond substituents is 1. The molecule has 2 heterocycles. The topological polar surface area (TPSA) is 159 Å². The molecule has 2 fully saturated rings. The minimum absolute atomic E-state index is 0.00601. The van der Waals surface area contributed by atoms with Crippen LogP contribution in [0.2, 0.25) is 0 Å². The Labute approximate surface area is 267 Å². The predicted octanol–water partition coefficient (Wildman–Crippen LogP) is 3.00. The number of nitrogens with one attached hydrogen (secondary N) is 2. The monoisotopic (exact) mass is 624 g/mol. The number of esters is 1. The van der Waals surface area contributed by atoms with Crippen molar-refractivity contribution in [2.24, 2.45) is 39.8 Å². The summed E-state index contributed by atoms with van der Waals surface area (Å²) < 4.78 is 12.4. The second-order valence-corrected chi connectivity index (χ2v) is 13.8. The highest BCUT2D eigenvalue weighted by molar-refractivity contribution is 5.77. The molecule has 5 rings (SSSR count). The molecule has 7 N–H and O–H groups in total. The molecule has 2 aliphatic heterocycles. The van der Waals surface area contributed by atoms with Crippen molar-refractivity contribution in [1.29, 1.82) is 0 Å². The van der Waals surface area contributed by atoms with E-state index in [1.165, 1.54) is 6.92 Å². The minimum Gasteiger partial charge on any atom is -0.504 e. The number of nitrogens with zero attached hydrogens (tertiary/aromatic N) is 1. The van der Waals surface area contributed by atoms with Gasteiger partial charge < -0.3 is 41.2 Å². The van der Waals surface area contributed by atoms with Gasteiger partial charge in [-0.15, -0.1) is 0 Å². The summed E-state index contributed by atoms with van der Waals surface area (Å²) >= 11 is 0. The number of carbonyl (C=O) groups excluding carboxylic acids is 1. The number of nitrogens with two attached hydrogens (primary N) is 1. The Morgan fingerprint density at radius 3 is 2.82 bits per heavy atom. The number of aliphatic imine (C=N–C) groups is 1. The number of piperidine rings is 1. The van der Waals surface area contributed by atoms with E-state index in [2.05, 4.69) is 34.4 Å². The zero-order valence-corrected chi connectivity index (χ0v) is 27.1. The lowest BCUT2D eigenvalue weighted by Crippen LogP contribution is -2.49. The maximum atomic E-state index is 12.6. The second-order valence-electron chi connectivity index (χ2n) is 13.8. The Kier molecular flexibility index (Phi) is 10.8. The van der Waals surface area contributed by atoms with Crippen molar-refractivity contribution < 1.29 is 29.6 Å². The lowest BCUT2D eigenvalue weighted by molar-refractivity contribution is -0.153. The van der Waals surface area contributed by atoms with Crippen molar-refractivity contribution in [2.45, 2.75) is 109 Å². The largest absolute Gasteiger partial charge is 0.504 e. The Hall–Kier alpha value is -3.00. The molecule has 6 bridgehead atoms. The molecule has 1 aromatic rings. The molecule has 9 atom stereocenters. The number of rotatable bonds is 4. The van der Waals surface area contributed by atoms with Crippen LogP contribution in [0.15, 0.2) is 17.1 Å². The van der Waals surface area contributed by atoms with Crippen LogP contribution in [0.25, 0.3) is 0 Å². The second kappa shape index (κ2) is 14.6. The summed E-state index contributed by atoms with van der Waals surface area (Å²) in [6.07, 6.45) is 6.36. The molecule has 2 aliphatic carbocycles. The van der Waals surface area contributed by atoms with Crippen LogP contribution in [0.1, 0.15) is 82.8 Å². The lowest BCUT2D eigenvalue weighted by atomic mass is 9.61. The van der Waals surface area contributed by atoms with Crippen LogP contribution in [-0.4, -0.2) is 71.7 Å². The van der Waals surface area contributed by atoms with Crippen LogP contribution in [0.3, 0.4) is 0 Å². The van der Waals surface area contributed by atoms with Crippen LogP contribution in [0.5, 0.6) is 11.5 Å². The van der Waals surface area contributed by atoms with Gasteiger partial charge in [-0.2, -0.15) is 0 Å². The third kappa shape index (κ3) is 7.87. The van der Waals surface area contributed by atoms with Gasteiger partial charge in [-0.1, -0.05) is 25.2 Å². The minimum atomic E-state index is -0.678. The van der Waals surface area contributed by atoms with E-state index < -0.39 is 17.6 Å².